The molecule has 0 fully saturated rings. The maximum atomic E-state index is 10.7. The van der Waals surface area contributed by atoms with E-state index in [1.54, 1.807) is 0 Å². The molecule has 1 unspecified atom stereocenters. The topological polar surface area (TPSA) is 111 Å². The van der Waals surface area contributed by atoms with Crippen molar-refractivity contribution in [3.63, 3.8) is 0 Å². The SMILES string of the molecule is CCCCCC(NNNC(=O)O)C(=O)O. The van der Waals surface area contributed by atoms with Crippen LogP contribution in [0.25, 0.3) is 0 Å². The van der Waals surface area contributed by atoms with Crippen molar-refractivity contribution in [2.45, 2.75) is 38.6 Å². The molecule has 0 aromatic heterocycles. The van der Waals surface area contributed by atoms with Crippen molar-refractivity contribution in [2.24, 2.45) is 0 Å². The zero-order valence-electron chi connectivity index (χ0n) is 8.62. The highest BCUT2D eigenvalue weighted by atomic mass is 16.4. The molecule has 0 bridgehead atoms. The molecule has 15 heavy (non-hydrogen) atoms. The zero-order valence-corrected chi connectivity index (χ0v) is 8.62. The van der Waals surface area contributed by atoms with Crippen molar-refractivity contribution in [1.29, 1.82) is 0 Å². The van der Waals surface area contributed by atoms with E-state index in [4.69, 9.17) is 10.2 Å². The summed E-state index contributed by atoms with van der Waals surface area (Å²) in [5.74, 6) is -1.01. The number of carboxylic acid groups (broad SMARTS) is 2. The second-order valence-electron chi connectivity index (χ2n) is 3.09. The summed E-state index contributed by atoms with van der Waals surface area (Å²) in [6.07, 6.45) is 1.93. The normalized spacial score (nSPS) is 12.1. The summed E-state index contributed by atoms with van der Waals surface area (Å²) >= 11 is 0. The van der Waals surface area contributed by atoms with E-state index in [1.165, 1.54) is 0 Å². The molecule has 0 aromatic carbocycles. The fraction of sp³-hybridized carbons (Fsp3) is 0.750. The summed E-state index contributed by atoms with van der Waals surface area (Å²) in [5.41, 5.74) is 6.29. The minimum Gasteiger partial charge on any atom is -0.480 e. The van der Waals surface area contributed by atoms with Gasteiger partial charge in [-0.25, -0.2) is 15.6 Å². The first-order valence-corrected chi connectivity index (χ1v) is 4.80. The van der Waals surface area contributed by atoms with E-state index in [-0.39, 0.29) is 0 Å². The summed E-state index contributed by atoms with van der Waals surface area (Å²) in [7, 11) is 0. The molecule has 7 nitrogen and oxygen atoms in total. The van der Waals surface area contributed by atoms with Gasteiger partial charge in [-0.1, -0.05) is 26.2 Å². The number of unbranched alkanes of at least 4 members (excludes halogenated alkanes) is 2. The third kappa shape index (κ3) is 7.71. The average Bonchev–Trinajstić information content (AvgIpc) is 2.15. The molecular formula is C8H17N3O4. The van der Waals surface area contributed by atoms with Crippen LogP contribution in [0, 0.1) is 0 Å². The van der Waals surface area contributed by atoms with Gasteiger partial charge in [0.05, 0.1) is 0 Å². The first-order valence-electron chi connectivity index (χ1n) is 4.80. The van der Waals surface area contributed by atoms with Crippen LogP contribution in [0.1, 0.15) is 32.6 Å². The first kappa shape index (κ1) is 13.7. The zero-order chi connectivity index (χ0) is 11.7. The molecule has 0 radical (unpaired) electrons. The third-order valence-electron chi connectivity index (χ3n) is 1.81. The third-order valence-corrected chi connectivity index (χ3v) is 1.81. The van der Waals surface area contributed by atoms with Crippen LogP contribution in [0.3, 0.4) is 0 Å². The van der Waals surface area contributed by atoms with Crippen molar-refractivity contribution in [3.8, 4) is 0 Å². The van der Waals surface area contributed by atoms with Crippen molar-refractivity contribution in [2.75, 3.05) is 0 Å². The Balaban J connectivity index is 3.73. The smallest absolute Gasteiger partial charge is 0.420 e. The second-order valence-corrected chi connectivity index (χ2v) is 3.09. The molecule has 0 spiro atoms. The van der Waals surface area contributed by atoms with E-state index in [1.807, 2.05) is 12.3 Å². The fourth-order valence-electron chi connectivity index (χ4n) is 1.03. The summed E-state index contributed by atoms with van der Waals surface area (Å²) in [4.78, 5) is 20.7. The van der Waals surface area contributed by atoms with Crippen molar-refractivity contribution in [1.82, 2.24) is 16.4 Å². The van der Waals surface area contributed by atoms with Gasteiger partial charge < -0.3 is 10.2 Å². The summed E-state index contributed by atoms with van der Waals surface area (Å²) in [6, 6.07) is -0.789. The van der Waals surface area contributed by atoms with E-state index in [0.717, 1.165) is 19.3 Å². The van der Waals surface area contributed by atoms with E-state index in [2.05, 4.69) is 11.0 Å². The lowest BCUT2D eigenvalue weighted by Gasteiger charge is -2.14. The van der Waals surface area contributed by atoms with E-state index in [0.29, 0.717) is 6.42 Å². The van der Waals surface area contributed by atoms with Gasteiger partial charge in [0.1, 0.15) is 6.04 Å². The van der Waals surface area contributed by atoms with Gasteiger partial charge in [-0.3, -0.25) is 4.79 Å². The molecule has 0 aliphatic heterocycles. The standard InChI is InChI=1S/C8H17N3O4/c1-2-3-4-5-6(7(12)13)9-11-10-8(14)15/h6,9-11H,2-5H2,1H3,(H,12,13)(H,14,15). The maximum absolute atomic E-state index is 10.7. The molecule has 0 saturated heterocycles. The molecule has 88 valence electrons. The van der Waals surface area contributed by atoms with Crippen LogP contribution in [0.4, 0.5) is 4.79 Å². The van der Waals surface area contributed by atoms with Crippen LogP contribution in [-0.4, -0.2) is 28.3 Å². The van der Waals surface area contributed by atoms with Crippen LogP contribution in [0.15, 0.2) is 0 Å². The van der Waals surface area contributed by atoms with Gasteiger partial charge in [-0.05, 0) is 6.42 Å². The van der Waals surface area contributed by atoms with Crippen molar-refractivity contribution >= 4 is 12.1 Å². The molecule has 7 heteroatoms. The van der Waals surface area contributed by atoms with Gasteiger partial charge in [0, 0.05) is 0 Å². The maximum Gasteiger partial charge on any atom is 0.420 e. The molecule has 0 saturated carbocycles. The van der Waals surface area contributed by atoms with Gasteiger partial charge in [-0.15, -0.1) is 0 Å². The van der Waals surface area contributed by atoms with E-state index < -0.39 is 18.1 Å². The number of hydrogen-bond donors (Lipinski definition) is 5. The largest absolute Gasteiger partial charge is 0.480 e. The number of hydrazine groups is 2. The van der Waals surface area contributed by atoms with Crippen LogP contribution in [-0.2, 0) is 4.79 Å². The fourth-order valence-corrected chi connectivity index (χ4v) is 1.03. The number of hydrogen-bond acceptors (Lipinski definition) is 4. The Bertz CT molecular complexity index is 210. The van der Waals surface area contributed by atoms with Gasteiger partial charge in [0.25, 0.3) is 0 Å². The van der Waals surface area contributed by atoms with Crippen LogP contribution < -0.4 is 16.4 Å². The number of nitrogens with one attached hydrogen (secondary N) is 3. The minimum absolute atomic E-state index is 0.456. The average molecular weight is 219 g/mol. The van der Waals surface area contributed by atoms with Gasteiger partial charge >= 0.3 is 12.1 Å². The Labute approximate surface area is 87.8 Å². The Hall–Kier alpha value is -1.34. The molecular weight excluding hydrogens is 202 g/mol. The molecule has 0 heterocycles. The Morgan fingerprint density at radius 3 is 2.40 bits per heavy atom. The number of carbonyl (C=O) groups is 2. The Morgan fingerprint density at radius 1 is 1.27 bits per heavy atom. The monoisotopic (exact) mass is 219 g/mol. The summed E-state index contributed by atoms with van der Waals surface area (Å²) in [6.45, 7) is 2.02. The predicted octanol–water partition coefficient (Wildman–Crippen LogP) is 0.297. The van der Waals surface area contributed by atoms with E-state index in [9.17, 15) is 9.59 Å². The summed E-state index contributed by atoms with van der Waals surface area (Å²) < 4.78 is 0. The highest BCUT2D eigenvalue weighted by Crippen LogP contribution is 2.02. The van der Waals surface area contributed by atoms with Crippen molar-refractivity contribution < 1.29 is 19.8 Å². The van der Waals surface area contributed by atoms with Gasteiger partial charge in [-0.2, -0.15) is 5.53 Å². The minimum atomic E-state index is -1.28. The predicted molar refractivity (Wildman–Crippen MR) is 53.0 cm³/mol. The number of carboxylic acids is 1. The lowest BCUT2D eigenvalue weighted by molar-refractivity contribution is -0.140. The lowest BCUT2D eigenvalue weighted by atomic mass is 10.1. The van der Waals surface area contributed by atoms with Gasteiger partial charge in [0.15, 0.2) is 0 Å². The number of amides is 1. The Kier molecular flexibility index (Phi) is 7.29. The van der Waals surface area contributed by atoms with E-state index >= 15 is 0 Å². The van der Waals surface area contributed by atoms with Gasteiger partial charge in [0.2, 0.25) is 0 Å². The molecule has 0 rings (SSSR count). The molecule has 0 aromatic rings. The molecule has 1 amide bonds. The molecule has 0 aliphatic carbocycles. The molecule has 5 N–H and O–H groups in total. The highest BCUT2D eigenvalue weighted by Gasteiger charge is 2.15. The second kappa shape index (κ2) is 8.01. The lowest BCUT2D eigenvalue weighted by Crippen LogP contribution is -2.53. The highest BCUT2D eigenvalue weighted by molar-refractivity contribution is 5.73. The number of aliphatic carboxylic acids is 1. The molecule has 1 atom stereocenters. The summed E-state index contributed by atoms with van der Waals surface area (Å²) in [5, 5.41) is 17.0. The first-order chi connectivity index (χ1) is 7.07. The van der Waals surface area contributed by atoms with Crippen molar-refractivity contribution in [3.05, 3.63) is 0 Å². The Morgan fingerprint density at radius 2 is 1.93 bits per heavy atom. The van der Waals surface area contributed by atoms with Crippen LogP contribution in [0.2, 0.25) is 0 Å². The van der Waals surface area contributed by atoms with Crippen LogP contribution >= 0.6 is 0 Å². The quantitative estimate of drug-likeness (QED) is 0.296. The van der Waals surface area contributed by atoms with Crippen LogP contribution in [0.5, 0.6) is 0 Å². The number of rotatable bonds is 8. The molecule has 0 aliphatic rings.